The van der Waals surface area contributed by atoms with Crippen molar-refractivity contribution < 1.29 is 0 Å². The molecule has 1 atom stereocenters. The molecule has 1 saturated heterocycles. The van der Waals surface area contributed by atoms with Crippen molar-refractivity contribution in [2.45, 2.75) is 46.6 Å². The van der Waals surface area contributed by atoms with Gasteiger partial charge in [-0.25, -0.2) is 0 Å². The van der Waals surface area contributed by atoms with Crippen molar-refractivity contribution in [2.24, 2.45) is 5.41 Å². The Labute approximate surface area is 89.1 Å². The van der Waals surface area contributed by atoms with Crippen molar-refractivity contribution in [1.29, 1.82) is 0 Å². The fourth-order valence-electron chi connectivity index (χ4n) is 1.98. The highest BCUT2D eigenvalue weighted by atomic mass is 15.2. The van der Waals surface area contributed by atoms with Crippen LogP contribution < -0.4 is 5.32 Å². The van der Waals surface area contributed by atoms with Crippen molar-refractivity contribution in [2.75, 3.05) is 26.2 Å². The minimum atomic E-state index is 0.482. The Hall–Kier alpha value is -0.0800. The molecule has 1 heterocycles. The van der Waals surface area contributed by atoms with E-state index in [0.717, 1.165) is 12.6 Å². The lowest BCUT2D eigenvalue weighted by atomic mass is 9.92. The van der Waals surface area contributed by atoms with Crippen LogP contribution in [0.4, 0.5) is 0 Å². The maximum atomic E-state index is 3.53. The summed E-state index contributed by atoms with van der Waals surface area (Å²) in [4.78, 5) is 2.60. The molecule has 1 N–H and O–H groups in total. The van der Waals surface area contributed by atoms with Crippen LogP contribution in [0.15, 0.2) is 0 Å². The molecule has 0 aromatic carbocycles. The Morgan fingerprint density at radius 1 is 1.36 bits per heavy atom. The zero-order chi connectivity index (χ0) is 10.6. The number of hydrogen-bond donors (Lipinski definition) is 1. The van der Waals surface area contributed by atoms with Crippen molar-refractivity contribution in [3.05, 3.63) is 0 Å². The third-order valence-corrected chi connectivity index (χ3v) is 2.94. The highest BCUT2D eigenvalue weighted by molar-refractivity contribution is 4.81. The zero-order valence-corrected chi connectivity index (χ0v) is 10.3. The lowest BCUT2D eigenvalue weighted by molar-refractivity contribution is 0.261. The third kappa shape index (κ3) is 4.43. The molecule has 1 aliphatic rings. The summed E-state index contributed by atoms with van der Waals surface area (Å²) in [5.41, 5.74) is 0.482. The van der Waals surface area contributed by atoms with E-state index in [1.807, 2.05) is 0 Å². The first-order valence-corrected chi connectivity index (χ1v) is 5.97. The lowest BCUT2D eigenvalue weighted by Crippen LogP contribution is -2.33. The summed E-state index contributed by atoms with van der Waals surface area (Å²) >= 11 is 0. The van der Waals surface area contributed by atoms with Gasteiger partial charge in [-0.2, -0.15) is 0 Å². The maximum Gasteiger partial charge on any atom is 0.0207 e. The normalized spacial score (nSPS) is 24.4. The van der Waals surface area contributed by atoms with E-state index in [2.05, 4.69) is 37.9 Å². The summed E-state index contributed by atoms with van der Waals surface area (Å²) in [7, 11) is 0. The Kier molecular flexibility index (Phi) is 4.39. The first-order valence-electron chi connectivity index (χ1n) is 5.97. The van der Waals surface area contributed by atoms with Crippen LogP contribution in [-0.2, 0) is 0 Å². The van der Waals surface area contributed by atoms with Gasteiger partial charge >= 0.3 is 0 Å². The second-order valence-corrected chi connectivity index (χ2v) is 5.65. The van der Waals surface area contributed by atoms with E-state index in [1.165, 1.54) is 32.5 Å². The van der Waals surface area contributed by atoms with Crippen molar-refractivity contribution in [3.8, 4) is 0 Å². The van der Waals surface area contributed by atoms with Gasteiger partial charge in [-0.15, -0.1) is 0 Å². The van der Waals surface area contributed by atoms with Crippen molar-refractivity contribution in [3.63, 3.8) is 0 Å². The summed E-state index contributed by atoms with van der Waals surface area (Å²) < 4.78 is 0. The van der Waals surface area contributed by atoms with Gasteiger partial charge in [0.25, 0.3) is 0 Å². The van der Waals surface area contributed by atoms with Gasteiger partial charge in [0.2, 0.25) is 0 Å². The summed E-state index contributed by atoms with van der Waals surface area (Å²) in [6, 6.07) is 0.750. The fourth-order valence-corrected chi connectivity index (χ4v) is 1.98. The van der Waals surface area contributed by atoms with E-state index in [4.69, 9.17) is 0 Å². The van der Waals surface area contributed by atoms with E-state index in [0.29, 0.717) is 5.41 Å². The molecule has 2 nitrogen and oxygen atoms in total. The quantitative estimate of drug-likeness (QED) is 0.744. The molecule has 1 rings (SSSR count). The van der Waals surface area contributed by atoms with E-state index in [1.54, 1.807) is 0 Å². The molecule has 0 saturated carbocycles. The van der Waals surface area contributed by atoms with Gasteiger partial charge in [0, 0.05) is 12.6 Å². The average molecular weight is 198 g/mol. The number of likely N-dealkylation sites (N-methyl/N-ethyl adjacent to an activating group) is 1. The van der Waals surface area contributed by atoms with Crippen molar-refractivity contribution in [1.82, 2.24) is 10.2 Å². The third-order valence-electron chi connectivity index (χ3n) is 2.94. The van der Waals surface area contributed by atoms with Gasteiger partial charge in [0.1, 0.15) is 0 Å². The summed E-state index contributed by atoms with van der Waals surface area (Å²) in [5.74, 6) is 0. The topological polar surface area (TPSA) is 15.3 Å². The van der Waals surface area contributed by atoms with Crippen LogP contribution >= 0.6 is 0 Å². The largest absolute Gasteiger partial charge is 0.313 e. The molecule has 1 aliphatic heterocycles. The molecule has 14 heavy (non-hydrogen) atoms. The molecule has 0 bridgehead atoms. The molecule has 0 aromatic rings. The van der Waals surface area contributed by atoms with Crippen LogP contribution in [0.3, 0.4) is 0 Å². The minimum Gasteiger partial charge on any atom is -0.313 e. The first-order chi connectivity index (χ1) is 6.51. The molecule has 0 radical (unpaired) electrons. The van der Waals surface area contributed by atoms with Gasteiger partial charge in [-0.1, -0.05) is 27.7 Å². The molecule has 0 aromatic heterocycles. The minimum absolute atomic E-state index is 0.482. The monoisotopic (exact) mass is 198 g/mol. The predicted molar refractivity (Wildman–Crippen MR) is 62.6 cm³/mol. The standard InChI is InChI=1S/C12H26N2/c1-5-13-11-6-8-14(10-11)9-7-12(2,3)4/h11,13H,5-10H2,1-4H3. The van der Waals surface area contributed by atoms with Crippen LogP contribution in [0.5, 0.6) is 0 Å². The summed E-state index contributed by atoms with van der Waals surface area (Å²) in [6.45, 7) is 14.1. The molecule has 84 valence electrons. The molecule has 1 fully saturated rings. The predicted octanol–water partition coefficient (Wildman–Crippen LogP) is 2.11. The zero-order valence-electron chi connectivity index (χ0n) is 10.3. The van der Waals surface area contributed by atoms with Crippen LogP contribution in [0.1, 0.15) is 40.5 Å². The molecule has 0 amide bonds. The lowest BCUT2D eigenvalue weighted by Gasteiger charge is -2.23. The highest BCUT2D eigenvalue weighted by Crippen LogP contribution is 2.20. The van der Waals surface area contributed by atoms with Gasteiger partial charge in [-0.05, 0) is 37.9 Å². The molecule has 0 spiro atoms. The summed E-state index contributed by atoms with van der Waals surface area (Å²) in [5, 5.41) is 3.53. The van der Waals surface area contributed by atoms with E-state index >= 15 is 0 Å². The Morgan fingerprint density at radius 2 is 2.07 bits per heavy atom. The smallest absolute Gasteiger partial charge is 0.0207 e. The first kappa shape index (κ1) is 12.0. The SMILES string of the molecule is CCNC1CCN(CCC(C)(C)C)C1. The number of likely N-dealkylation sites (tertiary alicyclic amines) is 1. The van der Waals surface area contributed by atoms with E-state index < -0.39 is 0 Å². The Morgan fingerprint density at radius 3 is 2.64 bits per heavy atom. The molecule has 1 unspecified atom stereocenters. The van der Waals surface area contributed by atoms with Crippen LogP contribution in [0, 0.1) is 5.41 Å². The van der Waals surface area contributed by atoms with Crippen LogP contribution in [0.2, 0.25) is 0 Å². The molecule has 2 heteroatoms. The fraction of sp³-hybridized carbons (Fsp3) is 1.00. The number of nitrogens with zero attached hydrogens (tertiary/aromatic N) is 1. The molecule has 0 aliphatic carbocycles. The van der Waals surface area contributed by atoms with Gasteiger partial charge < -0.3 is 10.2 Å². The van der Waals surface area contributed by atoms with Gasteiger partial charge in [0.15, 0.2) is 0 Å². The number of rotatable bonds is 4. The van der Waals surface area contributed by atoms with Crippen molar-refractivity contribution >= 4 is 0 Å². The second-order valence-electron chi connectivity index (χ2n) is 5.65. The second kappa shape index (κ2) is 5.13. The van der Waals surface area contributed by atoms with Gasteiger partial charge in [-0.3, -0.25) is 0 Å². The number of nitrogens with one attached hydrogen (secondary N) is 1. The van der Waals surface area contributed by atoms with E-state index in [9.17, 15) is 0 Å². The number of hydrogen-bond acceptors (Lipinski definition) is 2. The Bertz CT molecular complexity index is 160. The van der Waals surface area contributed by atoms with Gasteiger partial charge in [0.05, 0.1) is 0 Å². The van der Waals surface area contributed by atoms with Crippen LogP contribution in [0.25, 0.3) is 0 Å². The highest BCUT2D eigenvalue weighted by Gasteiger charge is 2.22. The van der Waals surface area contributed by atoms with E-state index in [-0.39, 0.29) is 0 Å². The summed E-state index contributed by atoms with van der Waals surface area (Å²) in [6.07, 6.45) is 2.64. The Balaban J connectivity index is 2.16. The van der Waals surface area contributed by atoms with Crippen LogP contribution in [-0.4, -0.2) is 37.1 Å². The maximum absolute atomic E-state index is 3.53. The molecular formula is C12H26N2. The average Bonchev–Trinajstić information content (AvgIpc) is 2.49. The molecular weight excluding hydrogens is 172 g/mol.